The van der Waals surface area contributed by atoms with Crippen LogP contribution in [0.5, 0.6) is 0 Å². The summed E-state index contributed by atoms with van der Waals surface area (Å²) in [4.78, 5) is 12.7. The van der Waals surface area contributed by atoms with Crippen molar-refractivity contribution in [3.8, 4) is 0 Å². The van der Waals surface area contributed by atoms with Gasteiger partial charge in [0.2, 0.25) is 0 Å². The van der Waals surface area contributed by atoms with Gasteiger partial charge in [0, 0.05) is 35.6 Å². The van der Waals surface area contributed by atoms with Gasteiger partial charge < -0.3 is 10.6 Å². The van der Waals surface area contributed by atoms with E-state index < -0.39 is 0 Å². The second-order valence-electron chi connectivity index (χ2n) is 7.61. The maximum atomic E-state index is 12.7. The largest absolute Gasteiger partial charge is 0.385 e. The molecule has 0 aliphatic carbocycles. The van der Waals surface area contributed by atoms with Crippen molar-refractivity contribution < 1.29 is 4.79 Å². The molecule has 0 heterocycles. The molecule has 0 bridgehead atoms. The number of carbonyl (C=O) groups is 1. The number of benzene rings is 2. The fraction of sp³-hybridized carbons (Fsp3) is 0.480. The summed E-state index contributed by atoms with van der Waals surface area (Å²) in [6.07, 6.45) is 9.62. The van der Waals surface area contributed by atoms with Crippen molar-refractivity contribution in [1.29, 1.82) is 0 Å². The highest BCUT2D eigenvalue weighted by Gasteiger charge is 2.09. The summed E-state index contributed by atoms with van der Waals surface area (Å²) in [5.74, 6) is 2.00. The minimum absolute atomic E-state index is 0.0617. The van der Waals surface area contributed by atoms with Crippen LogP contribution in [0.2, 0.25) is 0 Å². The van der Waals surface area contributed by atoms with Gasteiger partial charge in [0.05, 0.1) is 0 Å². The van der Waals surface area contributed by atoms with E-state index in [4.69, 9.17) is 0 Å². The van der Waals surface area contributed by atoms with Gasteiger partial charge >= 0.3 is 0 Å². The van der Waals surface area contributed by atoms with E-state index in [1.54, 1.807) is 0 Å². The lowest BCUT2D eigenvalue weighted by molar-refractivity contribution is 0.103. The van der Waals surface area contributed by atoms with Crippen molar-refractivity contribution in [3.05, 3.63) is 59.7 Å². The van der Waals surface area contributed by atoms with E-state index in [0.29, 0.717) is 0 Å². The molecular weight excluding hydrogens is 408 g/mol. The van der Waals surface area contributed by atoms with Gasteiger partial charge in [-0.1, -0.05) is 25.7 Å². The van der Waals surface area contributed by atoms with E-state index in [1.807, 2.05) is 48.5 Å². The van der Waals surface area contributed by atoms with Crippen LogP contribution in [0.25, 0.3) is 0 Å². The maximum Gasteiger partial charge on any atom is 0.193 e. The van der Waals surface area contributed by atoms with Crippen molar-refractivity contribution in [3.63, 3.8) is 0 Å². The van der Waals surface area contributed by atoms with Crippen LogP contribution in [0.4, 0.5) is 11.4 Å². The average Bonchev–Trinajstić information content (AvgIpc) is 2.79. The van der Waals surface area contributed by atoms with Crippen molar-refractivity contribution in [2.24, 2.45) is 0 Å². The van der Waals surface area contributed by atoms with E-state index >= 15 is 0 Å². The highest BCUT2D eigenvalue weighted by Crippen LogP contribution is 2.17. The van der Waals surface area contributed by atoms with E-state index in [0.717, 1.165) is 59.9 Å². The van der Waals surface area contributed by atoms with Crippen molar-refractivity contribution in [2.45, 2.75) is 51.4 Å². The Balaban J connectivity index is 1.75. The molecule has 0 aromatic heterocycles. The molecule has 164 valence electrons. The summed E-state index contributed by atoms with van der Waals surface area (Å²) in [6.45, 7) is 1.92. The number of ketones is 1. The third-order valence-corrected chi connectivity index (χ3v) is 5.75. The number of rotatable bonds is 16. The van der Waals surface area contributed by atoms with Gasteiger partial charge in [-0.25, -0.2) is 0 Å². The van der Waals surface area contributed by atoms with Gasteiger partial charge in [0.15, 0.2) is 5.78 Å². The molecule has 0 aliphatic heterocycles. The van der Waals surface area contributed by atoms with Crippen LogP contribution < -0.4 is 10.6 Å². The quantitative estimate of drug-likeness (QED) is 0.132. The normalized spacial score (nSPS) is 10.7. The van der Waals surface area contributed by atoms with Crippen molar-refractivity contribution in [1.82, 2.24) is 0 Å². The maximum absolute atomic E-state index is 12.7. The Bertz CT molecular complexity index is 655. The van der Waals surface area contributed by atoms with E-state index in [-0.39, 0.29) is 5.78 Å². The van der Waals surface area contributed by atoms with E-state index in [2.05, 4.69) is 35.9 Å². The van der Waals surface area contributed by atoms with Gasteiger partial charge in [0.1, 0.15) is 0 Å². The lowest BCUT2D eigenvalue weighted by atomic mass is 10.0. The molecule has 0 saturated heterocycles. The predicted octanol–water partition coefficient (Wildman–Crippen LogP) is 6.72. The second kappa shape index (κ2) is 15.2. The van der Waals surface area contributed by atoms with Gasteiger partial charge in [-0.2, -0.15) is 25.3 Å². The minimum atomic E-state index is 0.0617. The van der Waals surface area contributed by atoms with Crippen LogP contribution in [0.3, 0.4) is 0 Å². The minimum Gasteiger partial charge on any atom is -0.385 e. The van der Waals surface area contributed by atoms with Crippen molar-refractivity contribution in [2.75, 3.05) is 35.2 Å². The Kier molecular flexibility index (Phi) is 12.5. The summed E-state index contributed by atoms with van der Waals surface area (Å²) in [7, 11) is 0. The van der Waals surface area contributed by atoms with Crippen LogP contribution in [0.15, 0.2) is 48.5 Å². The number of hydrogen-bond donors (Lipinski definition) is 4. The lowest BCUT2D eigenvalue weighted by Crippen LogP contribution is -2.05. The molecule has 0 atom stereocenters. The first-order valence-electron chi connectivity index (χ1n) is 11.2. The number of unbranched alkanes of at least 4 members (excludes halogenated alkanes) is 6. The summed E-state index contributed by atoms with van der Waals surface area (Å²) in [5.41, 5.74) is 3.57. The Morgan fingerprint density at radius 2 is 0.933 bits per heavy atom. The van der Waals surface area contributed by atoms with Gasteiger partial charge in [-0.05, 0) is 85.7 Å². The highest BCUT2D eigenvalue weighted by atomic mass is 32.1. The fourth-order valence-electron chi connectivity index (χ4n) is 3.29. The van der Waals surface area contributed by atoms with E-state index in [9.17, 15) is 4.79 Å². The molecule has 2 N–H and O–H groups in total. The zero-order valence-electron chi connectivity index (χ0n) is 17.9. The first-order valence-corrected chi connectivity index (χ1v) is 12.5. The SMILES string of the molecule is O=C(c1ccc(NCCCCCCS)cc1)c1ccc(NCCCCCCS)cc1. The molecule has 0 aliphatic rings. The molecule has 0 saturated carbocycles. The summed E-state index contributed by atoms with van der Waals surface area (Å²) < 4.78 is 0. The number of carbonyl (C=O) groups excluding carboxylic acids is 1. The van der Waals surface area contributed by atoms with Crippen LogP contribution >= 0.6 is 25.3 Å². The Labute approximate surface area is 193 Å². The molecule has 0 radical (unpaired) electrons. The molecule has 0 unspecified atom stereocenters. The number of hydrogen-bond acceptors (Lipinski definition) is 5. The topological polar surface area (TPSA) is 41.1 Å². The highest BCUT2D eigenvalue weighted by molar-refractivity contribution is 7.80. The molecule has 3 nitrogen and oxygen atoms in total. The number of thiol groups is 2. The molecule has 2 aromatic carbocycles. The Morgan fingerprint density at radius 1 is 0.567 bits per heavy atom. The van der Waals surface area contributed by atoms with Crippen LogP contribution in [-0.4, -0.2) is 30.4 Å². The van der Waals surface area contributed by atoms with Gasteiger partial charge in [0.25, 0.3) is 0 Å². The number of anilines is 2. The molecule has 2 rings (SSSR count). The summed E-state index contributed by atoms with van der Waals surface area (Å²) >= 11 is 8.48. The van der Waals surface area contributed by atoms with E-state index in [1.165, 1.54) is 38.5 Å². The monoisotopic (exact) mass is 444 g/mol. The Hall–Kier alpha value is -1.59. The molecule has 5 heteroatoms. The predicted molar refractivity (Wildman–Crippen MR) is 138 cm³/mol. The molecular formula is C25H36N2OS2. The lowest BCUT2D eigenvalue weighted by Gasteiger charge is -2.09. The number of nitrogens with one attached hydrogen (secondary N) is 2. The van der Waals surface area contributed by atoms with Crippen LogP contribution in [0, 0.1) is 0 Å². The standard InChI is InChI=1S/C25H36N2OS2/c28-25(21-9-13-23(14-10-21)26-17-5-1-3-7-19-29)22-11-15-24(16-12-22)27-18-6-2-4-8-20-30/h9-16,26-27,29-30H,1-8,17-20H2. The van der Waals surface area contributed by atoms with Crippen LogP contribution in [0.1, 0.15) is 67.3 Å². The summed E-state index contributed by atoms with van der Waals surface area (Å²) in [6, 6.07) is 15.6. The molecule has 30 heavy (non-hydrogen) atoms. The third-order valence-electron chi connectivity index (χ3n) is 5.12. The average molecular weight is 445 g/mol. The Morgan fingerprint density at radius 3 is 1.30 bits per heavy atom. The zero-order valence-corrected chi connectivity index (χ0v) is 19.7. The first kappa shape index (κ1) is 24.7. The van der Waals surface area contributed by atoms with Crippen molar-refractivity contribution >= 4 is 42.4 Å². The van der Waals surface area contributed by atoms with Gasteiger partial charge in [-0.3, -0.25) is 4.79 Å². The first-order chi connectivity index (χ1) is 14.7. The molecule has 2 aromatic rings. The zero-order chi connectivity index (χ0) is 21.4. The van der Waals surface area contributed by atoms with Gasteiger partial charge in [-0.15, -0.1) is 0 Å². The molecule has 0 amide bonds. The van der Waals surface area contributed by atoms with Crippen LogP contribution in [-0.2, 0) is 0 Å². The third kappa shape index (κ3) is 9.48. The fourth-order valence-corrected chi connectivity index (χ4v) is 3.74. The summed E-state index contributed by atoms with van der Waals surface area (Å²) in [5, 5.41) is 6.86. The smallest absolute Gasteiger partial charge is 0.193 e. The molecule has 0 spiro atoms. The second-order valence-corrected chi connectivity index (χ2v) is 8.51. The molecule has 0 fully saturated rings.